The van der Waals surface area contributed by atoms with Gasteiger partial charge in [0.1, 0.15) is 12.1 Å². The number of hydrogen-bond donors (Lipinski definition) is 2. The van der Waals surface area contributed by atoms with Gasteiger partial charge in [-0.1, -0.05) is 0 Å². The fourth-order valence-corrected chi connectivity index (χ4v) is 1.45. The van der Waals surface area contributed by atoms with E-state index in [-0.39, 0.29) is 6.04 Å². The predicted molar refractivity (Wildman–Crippen MR) is 66.2 cm³/mol. The van der Waals surface area contributed by atoms with Gasteiger partial charge in [0.25, 0.3) is 0 Å². The Labute approximate surface area is 102 Å². The topological polar surface area (TPSA) is 82.3 Å². The van der Waals surface area contributed by atoms with E-state index in [1.54, 1.807) is 13.2 Å². The standard InChI is InChI=1S/C11H20N4O2/c1-3-17-11-6-10(13-8-14-11)15-9(4-5-12)7-16-2/h6,8-9H,3-5,7,12H2,1-2H3,(H,13,14,15). The molecule has 0 fully saturated rings. The third-order valence-electron chi connectivity index (χ3n) is 2.17. The number of anilines is 1. The summed E-state index contributed by atoms with van der Waals surface area (Å²) in [4.78, 5) is 8.13. The molecule has 17 heavy (non-hydrogen) atoms. The molecule has 1 aromatic heterocycles. The molecule has 0 spiro atoms. The molecule has 1 unspecified atom stereocenters. The van der Waals surface area contributed by atoms with E-state index in [2.05, 4.69) is 15.3 Å². The molecule has 1 rings (SSSR count). The highest BCUT2D eigenvalue weighted by atomic mass is 16.5. The fraction of sp³-hybridized carbons (Fsp3) is 0.636. The molecule has 1 aromatic rings. The minimum Gasteiger partial charge on any atom is -0.478 e. The van der Waals surface area contributed by atoms with Crippen LogP contribution >= 0.6 is 0 Å². The Morgan fingerprint density at radius 3 is 2.94 bits per heavy atom. The monoisotopic (exact) mass is 240 g/mol. The Kier molecular flexibility index (Phi) is 6.27. The zero-order valence-corrected chi connectivity index (χ0v) is 10.3. The van der Waals surface area contributed by atoms with Gasteiger partial charge in [-0.2, -0.15) is 0 Å². The average molecular weight is 240 g/mol. The van der Waals surface area contributed by atoms with Crippen LogP contribution in [0.2, 0.25) is 0 Å². The van der Waals surface area contributed by atoms with Gasteiger partial charge in [0.05, 0.1) is 19.3 Å². The number of ether oxygens (including phenoxy) is 2. The van der Waals surface area contributed by atoms with Crippen molar-refractivity contribution in [1.82, 2.24) is 9.97 Å². The Hall–Kier alpha value is -1.40. The third-order valence-corrected chi connectivity index (χ3v) is 2.17. The summed E-state index contributed by atoms with van der Waals surface area (Å²) in [5.41, 5.74) is 5.54. The van der Waals surface area contributed by atoms with E-state index in [1.807, 2.05) is 6.92 Å². The Morgan fingerprint density at radius 2 is 2.29 bits per heavy atom. The maximum atomic E-state index is 5.54. The van der Waals surface area contributed by atoms with Crippen LogP contribution in [0, 0.1) is 0 Å². The highest BCUT2D eigenvalue weighted by Gasteiger charge is 2.08. The number of nitrogens with two attached hydrogens (primary N) is 1. The van der Waals surface area contributed by atoms with E-state index in [0.717, 1.165) is 12.2 Å². The van der Waals surface area contributed by atoms with Crippen molar-refractivity contribution in [1.29, 1.82) is 0 Å². The van der Waals surface area contributed by atoms with Crippen molar-refractivity contribution >= 4 is 5.82 Å². The molecule has 0 radical (unpaired) electrons. The van der Waals surface area contributed by atoms with Crippen LogP contribution in [0.3, 0.4) is 0 Å². The Balaban J connectivity index is 2.60. The van der Waals surface area contributed by atoms with Crippen LogP contribution in [0.15, 0.2) is 12.4 Å². The molecular weight excluding hydrogens is 220 g/mol. The van der Waals surface area contributed by atoms with Gasteiger partial charge in [0.2, 0.25) is 5.88 Å². The second-order valence-electron chi connectivity index (χ2n) is 3.55. The number of nitrogens with one attached hydrogen (secondary N) is 1. The number of methoxy groups -OCH3 is 1. The summed E-state index contributed by atoms with van der Waals surface area (Å²) in [5, 5.41) is 3.24. The molecule has 0 amide bonds. The molecule has 1 atom stereocenters. The van der Waals surface area contributed by atoms with Crippen LogP contribution in [-0.4, -0.2) is 42.9 Å². The van der Waals surface area contributed by atoms with Crippen molar-refractivity contribution < 1.29 is 9.47 Å². The van der Waals surface area contributed by atoms with Crippen molar-refractivity contribution in [2.45, 2.75) is 19.4 Å². The van der Waals surface area contributed by atoms with E-state index >= 15 is 0 Å². The molecule has 6 nitrogen and oxygen atoms in total. The lowest BCUT2D eigenvalue weighted by Crippen LogP contribution is -2.28. The fourth-order valence-electron chi connectivity index (χ4n) is 1.45. The van der Waals surface area contributed by atoms with Gasteiger partial charge in [-0.3, -0.25) is 0 Å². The van der Waals surface area contributed by atoms with E-state index in [4.69, 9.17) is 15.2 Å². The van der Waals surface area contributed by atoms with Crippen LogP contribution in [-0.2, 0) is 4.74 Å². The number of rotatable bonds is 8. The van der Waals surface area contributed by atoms with E-state index in [9.17, 15) is 0 Å². The molecule has 0 bridgehead atoms. The summed E-state index contributed by atoms with van der Waals surface area (Å²) < 4.78 is 10.4. The van der Waals surface area contributed by atoms with Crippen LogP contribution in [0.25, 0.3) is 0 Å². The Morgan fingerprint density at radius 1 is 1.47 bits per heavy atom. The summed E-state index contributed by atoms with van der Waals surface area (Å²) >= 11 is 0. The SMILES string of the molecule is CCOc1cc(NC(CCN)COC)ncn1. The summed E-state index contributed by atoms with van der Waals surface area (Å²) in [6.07, 6.45) is 2.29. The number of aromatic nitrogens is 2. The summed E-state index contributed by atoms with van der Waals surface area (Å²) in [7, 11) is 1.66. The van der Waals surface area contributed by atoms with E-state index in [1.165, 1.54) is 6.33 Å². The highest BCUT2D eigenvalue weighted by molar-refractivity contribution is 5.38. The summed E-state index contributed by atoms with van der Waals surface area (Å²) in [6, 6.07) is 1.91. The van der Waals surface area contributed by atoms with Crippen LogP contribution < -0.4 is 15.8 Å². The molecule has 0 aliphatic carbocycles. The summed E-state index contributed by atoms with van der Waals surface area (Å²) in [5.74, 6) is 1.29. The van der Waals surface area contributed by atoms with Gasteiger partial charge >= 0.3 is 0 Å². The van der Waals surface area contributed by atoms with Gasteiger partial charge in [0, 0.05) is 13.2 Å². The van der Waals surface area contributed by atoms with Gasteiger partial charge in [-0.05, 0) is 19.9 Å². The van der Waals surface area contributed by atoms with Crippen molar-refractivity contribution in [3.8, 4) is 5.88 Å². The summed E-state index contributed by atoms with van der Waals surface area (Å²) in [6.45, 7) is 3.69. The van der Waals surface area contributed by atoms with E-state index in [0.29, 0.717) is 25.6 Å². The van der Waals surface area contributed by atoms with E-state index < -0.39 is 0 Å². The Bertz CT molecular complexity index is 316. The molecule has 0 aliphatic heterocycles. The molecule has 1 heterocycles. The van der Waals surface area contributed by atoms with Crippen LogP contribution in [0.5, 0.6) is 5.88 Å². The lowest BCUT2D eigenvalue weighted by Gasteiger charge is -2.17. The molecule has 0 aromatic carbocycles. The van der Waals surface area contributed by atoms with Crippen molar-refractivity contribution in [2.75, 3.05) is 32.2 Å². The first-order chi connectivity index (χ1) is 8.30. The van der Waals surface area contributed by atoms with Gasteiger partial charge in [0.15, 0.2) is 0 Å². The third kappa shape index (κ3) is 4.97. The zero-order chi connectivity index (χ0) is 12.5. The average Bonchev–Trinajstić information content (AvgIpc) is 2.30. The maximum Gasteiger partial charge on any atom is 0.218 e. The quantitative estimate of drug-likeness (QED) is 0.694. The predicted octanol–water partition coefficient (Wildman–Crippen LogP) is 0.651. The molecule has 0 saturated heterocycles. The first-order valence-corrected chi connectivity index (χ1v) is 5.70. The molecule has 96 valence electrons. The normalized spacial score (nSPS) is 12.2. The maximum absolute atomic E-state index is 5.54. The van der Waals surface area contributed by atoms with Crippen LogP contribution in [0.1, 0.15) is 13.3 Å². The first-order valence-electron chi connectivity index (χ1n) is 5.70. The van der Waals surface area contributed by atoms with Gasteiger partial charge < -0.3 is 20.5 Å². The van der Waals surface area contributed by atoms with Crippen molar-refractivity contribution in [2.24, 2.45) is 5.73 Å². The lowest BCUT2D eigenvalue weighted by atomic mass is 10.2. The minimum absolute atomic E-state index is 0.148. The molecular formula is C11H20N4O2. The minimum atomic E-state index is 0.148. The largest absolute Gasteiger partial charge is 0.478 e. The second kappa shape index (κ2) is 7.81. The first kappa shape index (κ1) is 13.7. The smallest absolute Gasteiger partial charge is 0.218 e. The molecule has 3 N–H and O–H groups in total. The molecule has 0 aliphatic rings. The van der Waals surface area contributed by atoms with Gasteiger partial charge in [-0.15, -0.1) is 0 Å². The number of hydrogen-bond acceptors (Lipinski definition) is 6. The molecule has 6 heteroatoms. The highest BCUT2D eigenvalue weighted by Crippen LogP contribution is 2.12. The zero-order valence-electron chi connectivity index (χ0n) is 10.3. The van der Waals surface area contributed by atoms with Gasteiger partial charge in [-0.25, -0.2) is 9.97 Å². The van der Waals surface area contributed by atoms with Crippen molar-refractivity contribution in [3.63, 3.8) is 0 Å². The second-order valence-corrected chi connectivity index (χ2v) is 3.55. The van der Waals surface area contributed by atoms with Crippen molar-refractivity contribution in [3.05, 3.63) is 12.4 Å². The number of nitrogens with zero attached hydrogens (tertiary/aromatic N) is 2. The molecule has 0 saturated carbocycles. The van der Waals surface area contributed by atoms with Crippen LogP contribution in [0.4, 0.5) is 5.82 Å². The lowest BCUT2D eigenvalue weighted by molar-refractivity contribution is 0.183.